The molecule has 2 N–H and O–H groups in total. The van der Waals surface area contributed by atoms with Crippen molar-refractivity contribution in [2.45, 2.75) is 32.2 Å². The fraction of sp³-hybridized carbons (Fsp3) is 0.429. The summed E-state index contributed by atoms with van der Waals surface area (Å²) in [5.41, 5.74) is 4.03. The van der Waals surface area contributed by atoms with Crippen LogP contribution in [-0.4, -0.2) is 11.5 Å². The highest BCUT2D eigenvalue weighted by atomic mass is 15.0. The van der Waals surface area contributed by atoms with Crippen LogP contribution in [0.1, 0.15) is 37.1 Å². The third kappa shape index (κ3) is 1.63. The molecule has 2 heteroatoms. The van der Waals surface area contributed by atoms with Gasteiger partial charge in [0.2, 0.25) is 0 Å². The second kappa shape index (κ2) is 3.95. The molecule has 0 amide bonds. The third-order valence-corrected chi connectivity index (χ3v) is 3.55. The first kappa shape index (κ1) is 9.91. The summed E-state index contributed by atoms with van der Waals surface area (Å²) in [5, 5.41) is 4.88. The monoisotopic (exact) mass is 214 g/mol. The SMILES string of the molecule is CCc1ccc2[nH]c(C3CCCN3)cc2c1. The predicted molar refractivity (Wildman–Crippen MR) is 67.7 cm³/mol. The molecule has 1 fully saturated rings. The summed E-state index contributed by atoms with van der Waals surface area (Å²) in [5.74, 6) is 0. The number of fused-ring (bicyclic) bond motifs is 1. The van der Waals surface area contributed by atoms with Crippen molar-refractivity contribution >= 4 is 10.9 Å². The molecule has 1 saturated heterocycles. The lowest BCUT2D eigenvalue weighted by molar-refractivity contribution is 0.633. The molecule has 2 heterocycles. The fourth-order valence-electron chi connectivity index (χ4n) is 2.56. The average Bonchev–Trinajstić information content (AvgIpc) is 2.96. The van der Waals surface area contributed by atoms with Crippen LogP contribution in [0.2, 0.25) is 0 Å². The van der Waals surface area contributed by atoms with Crippen LogP contribution in [-0.2, 0) is 6.42 Å². The number of hydrogen-bond acceptors (Lipinski definition) is 1. The van der Waals surface area contributed by atoms with E-state index in [1.165, 1.54) is 35.0 Å². The molecule has 2 nitrogen and oxygen atoms in total. The zero-order valence-corrected chi connectivity index (χ0v) is 9.72. The molecule has 3 rings (SSSR count). The van der Waals surface area contributed by atoms with Gasteiger partial charge in [0, 0.05) is 17.3 Å². The number of aromatic nitrogens is 1. The lowest BCUT2D eigenvalue weighted by Crippen LogP contribution is -2.12. The van der Waals surface area contributed by atoms with E-state index < -0.39 is 0 Å². The first-order chi connectivity index (χ1) is 7.86. The van der Waals surface area contributed by atoms with Crippen molar-refractivity contribution in [3.05, 3.63) is 35.5 Å². The van der Waals surface area contributed by atoms with Crippen LogP contribution in [0.25, 0.3) is 10.9 Å². The van der Waals surface area contributed by atoms with Crippen molar-refractivity contribution in [3.63, 3.8) is 0 Å². The highest BCUT2D eigenvalue weighted by molar-refractivity contribution is 5.81. The lowest BCUT2D eigenvalue weighted by atomic mass is 10.1. The van der Waals surface area contributed by atoms with Gasteiger partial charge in [-0.15, -0.1) is 0 Å². The highest BCUT2D eigenvalue weighted by Crippen LogP contribution is 2.26. The summed E-state index contributed by atoms with van der Waals surface area (Å²) < 4.78 is 0. The molecule has 2 aromatic rings. The van der Waals surface area contributed by atoms with Crippen LogP contribution in [0.4, 0.5) is 0 Å². The van der Waals surface area contributed by atoms with E-state index in [0.29, 0.717) is 6.04 Å². The summed E-state index contributed by atoms with van der Waals surface area (Å²) in [6.07, 6.45) is 3.66. The Morgan fingerprint density at radius 3 is 3.00 bits per heavy atom. The predicted octanol–water partition coefficient (Wildman–Crippen LogP) is 3.15. The Labute approximate surface area is 96.1 Å². The van der Waals surface area contributed by atoms with Crippen molar-refractivity contribution in [1.29, 1.82) is 0 Å². The van der Waals surface area contributed by atoms with Crippen LogP contribution in [0.5, 0.6) is 0 Å². The van der Waals surface area contributed by atoms with E-state index in [-0.39, 0.29) is 0 Å². The summed E-state index contributed by atoms with van der Waals surface area (Å²) in [6.45, 7) is 3.35. The van der Waals surface area contributed by atoms with Crippen LogP contribution >= 0.6 is 0 Å². The van der Waals surface area contributed by atoms with Crippen molar-refractivity contribution in [2.24, 2.45) is 0 Å². The Balaban J connectivity index is 2.01. The van der Waals surface area contributed by atoms with Gasteiger partial charge in [-0.3, -0.25) is 0 Å². The number of hydrogen-bond donors (Lipinski definition) is 2. The maximum absolute atomic E-state index is 3.53. The van der Waals surface area contributed by atoms with E-state index in [0.717, 1.165) is 13.0 Å². The first-order valence-corrected chi connectivity index (χ1v) is 6.22. The van der Waals surface area contributed by atoms with Gasteiger partial charge in [0.1, 0.15) is 0 Å². The largest absolute Gasteiger partial charge is 0.357 e. The Bertz CT molecular complexity index is 492. The van der Waals surface area contributed by atoms with Crippen LogP contribution in [0.3, 0.4) is 0 Å². The summed E-state index contributed by atoms with van der Waals surface area (Å²) in [7, 11) is 0. The van der Waals surface area contributed by atoms with Crippen molar-refractivity contribution < 1.29 is 0 Å². The topological polar surface area (TPSA) is 27.8 Å². The minimum Gasteiger partial charge on any atom is -0.357 e. The van der Waals surface area contributed by atoms with Gasteiger partial charge in [0.25, 0.3) is 0 Å². The molecule has 1 aliphatic rings. The van der Waals surface area contributed by atoms with Crippen molar-refractivity contribution in [1.82, 2.24) is 10.3 Å². The second-order valence-corrected chi connectivity index (χ2v) is 4.65. The number of nitrogens with one attached hydrogen (secondary N) is 2. The van der Waals surface area contributed by atoms with E-state index in [1.807, 2.05) is 0 Å². The molecule has 0 radical (unpaired) electrons. The molecular formula is C14H18N2. The van der Waals surface area contributed by atoms with E-state index in [4.69, 9.17) is 0 Å². The Kier molecular flexibility index (Phi) is 2.44. The molecule has 1 unspecified atom stereocenters. The van der Waals surface area contributed by atoms with Gasteiger partial charge in [-0.2, -0.15) is 0 Å². The van der Waals surface area contributed by atoms with E-state index in [2.05, 4.69) is 41.5 Å². The average molecular weight is 214 g/mol. The molecule has 16 heavy (non-hydrogen) atoms. The minimum atomic E-state index is 0.539. The molecule has 0 aliphatic carbocycles. The van der Waals surface area contributed by atoms with Crippen LogP contribution < -0.4 is 5.32 Å². The molecule has 1 aliphatic heterocycles. The van der Waals surface area contributed by atoms with Crippen LogP contribution in [0.15, 0.2) is 24.3 Å². The van der Waals surface area contributed by atoms with Crippen molar-refractivity contribution in [2.75, 3.05) is 6.54 Å². The van der Waals surface area contributed by atoms with E-state index in [9.17, 15) is 0 Å². The summed E-state index contributed by atoms with van der Waals surface area (Å²) in [6, 6.07) is 9.55. The quantitative estimate of drug-likeness (QED) is 0.789. The molecule has 1 atom stereocenters. The van der Waals surface area contributed by atoms with Gasteiger partial charge >= 0.3 is 0 Å². The third-order valence-electron chi connectivity index (χ3n) is 3.55. The summed E-state index contributed by atoms with van der Waals surface area (Å²) >= 11 is 0. The number of aromatic amines is 1. The smallest absolute Gasteiger partial charge is 0.0473 e. The van der Waals surface area contributed by atoms with Crippen LogP contribution in [0, 0.1) is 0 Å². The van der Waals surface area contributed by atoms with Crippen molar-refractivity contribution in [3.8, 4) is 0 Å². The second-order valence-electron chi connectivity index (χ2n) is 4.65. The molecule has 0 saturated carbocycles. The fourth-order valence-corrected chi connectivity index (χ4v) is 2.56. The zero-order valence-electron chi connectivity index (χ0n) is 9.72. The zero-order chi connectivity index (χ0) is 11.0. The standard InChI is InChI=1S/C14H18N2/c1-2-10-5-6-12-11(8-10)9-14(16-12)13-4-3-7-15-13/h5-6,8-9,13,15-16H,2-4,7H2,1H3. The summed E-state index contributed by atoms with van der Waals surface area (Å²) in [4.78, 5) is 3.53. The molecule has 84 valence electrons. The maximum atomic E-state index is 3.53. The number of H-pyrrole nitrogens is 1. The lowest BCUT2D eigenvalue weighted by Gasteiger charge is -2.06. The van der Waals surface area contributed by atoms with E-state index in [1.54, 1.807) is 0 Å². The van der Waals surface area contributed by atoms with Gasteiger partial charge in [-0.05, 0) is 55.0 Å². The highest BCUT2D eigenvalue weighted by Gasteiger charge is 2.17. The first-order valence-electron chi connectivity index (χ1n) is 6.22. The van der Waals surface area contributed by atoms with Gasteiger partial charge in [-0.1, -0.05) is 13.0 Å². The molecule has 1 aromatic carbocycles. The Morgan fingerprint density at radius 2 is 2.25 bits per heavy atom. The Morgan fingerprint density at radius 1 is 1.31 bits per heavy atom. The molecular weight excluding hydrogens is 196 g/mol. The Hall–Kier alpha value is -1.28. The minimum absolute atomic E-state index is 0.539. The van der Waals surface area contributed by atoms with E-state index >= 15 is 0 Å². The number of benzene rings is 1. The normalized spacial score (nSPS) is 20.7. The number of aryl methyl sites for hydroxylation is 1. The molecule has 0 bridgehead atoms. The van der Waals surface area contributed by atoms with Gasteiger partial charge < -0.3 is 10.3 Å². The number of rotatable bonds is 2. The van der Waals surface area contributed by atoms with Gasteiger partial charge in [0.05, 0.1) is 0 Å². The van der Waals surface area contributed by atoms with Gasteiger partial charge in [0.15, 0.2) is 0 Å². The molecule has 0 spiro atoms. The van der Waals surface area contributed by atoms with Gasteiger partial charge in [-0.25, -0.2) is 0 Å². The maximum Gasteiger partial charge on any atom is 0.0473 e. The molecule has 1 aromatic heterocycles.